The van der Waals surface area contributed by atoms with Gasteiger partial charge in [0.05, 0.1) is 5.60 Å². The van der Waals surface area contributed by atoms with Crippen molar-refractivity contribution in [3.05, 3.63) is 35.4 Å². The highest BCUT2D eigenvalue weighted by Crippen LogP contribution is 2.19. The number of aliphatic hydroxyl groups is 1. The first-order valence-corrected chi connectivity index (χ1v) is 6.24. The van der Waals surface area contributed by atoms with Crippen molar-refractivity contribution in [2.75, 3.05) is 19.8 Å². The number of hydrogen-bond acceptors (Lipinski definition) is 3. The molecular formula is C14H19NO3. The fraction of sp³-hybridized carbons (Fsp3) is 0.500. The van der Waals surface area contributed by atoms with Gasteiger partial charge in [0.25, 0.3) is 5.91 Å². The molecule has 2 rings (SSSR count). The zero-order chi connectivity index (χ0) is 13.0. The molecule has 0 bridgehead atoms. The third-order valence-corrected chi connectivity index (χ3v) is 3.32. The van der Waals surface area contributed by atoms with E-state index in [9.17, 15) is 9.90 Å². The third kappa shape index (κ3) is 3.31. The first kappa shape index (κ1) is 13.1. The fourth-order valence-electron chi connectivity index (χ4n) is 1.98. The van der Waals surface area contributed by atoms with E-state index >= 15 is 0 Å². The molecule has 4 nitrogen and oxygen atoms in total. The van der Waals surface area contributed by atoms with Crippen molar-refractivity contribution in [2.24, 2.45) is 0 Å². The minimum absolute atomic E-state index is 0.144. The van der Waals surface area contributed by atoms with Crippen LogP contribution in [-0.4, -0.2) is 36.4 Å². The van der Waals surface area contributed by atoms with Gasteiger partial charge in [0.15, 0.2) is 0 Å². The van der Waals surface area contributed by atoms with Crippen LogP contribution in [-0.2, 0) is 4.74 Å². The van der Waals surface area contributed by atoms with E-state index in [0.29, 0.717) is 31.6 Å². The zero-order valence-corrected chi connectivity index (χ0v) is 10.6. The molecule has 0 spiro atoms. The van der Waals surface area contributed by atoms with Gasteiger partial charge in [-0.15, -0.1) is 0 Å². The molecule has 1 aliphatic rings. The molecule has 0 unspecified atom stereocenters. The van der Waals surface area contributed by atoms with Crippen LogP contribution in [0.5, 0.6) is 0 Å². The Morgan fingerprint density at radius 1 is 1.33 bits per heavy atom. The lowest BCUT2D eigenvalue weighted by Crippen LogP contribution is -2.46. The molecule has 0 saturated carbocycles. The highest BCUT2D eigenvalue weighted by Gasteiger charge is 2.30. The highest BCUT2D eigenvalue weighted by molar-refractivity contribution is 5.94. The highest BCUT2D eigenvalue weighted by atomic mass is 16.5. The molecule has 1 amide bonds. The van der Waals surface area contributed by atoms with Gasteiger partial charge < -0.3 is 15.2 Å². The van der Waals surface area contributed by atoms with Crippen LogP contribution >= 0.6 is 0 Å². The maximum absolute atomic E-state index is 11.9. The molecule has 1 aliphatic heterocycles. The van der Waals surface area contributed by atoms with Crippen molar-refractivity contribution in [1.82, 2.24) is 5.32 Å². The van der Waals surface area contributed by atoms with Crippen LogP contribution in [0, 0.1) is 6.92 Å². The average Bonchev–Trinajstić information content (AvgIpc) is 2.38. The van der Waals surface area contributed by atoms with E-state index in [1.165, 1.54) is 0 Å². The van der Waals surface area contributed by atoms with Gasteiger partial charge in [-0.05, 0) is 19.1 Å². The van der Waals surface area contributed by atoms with Crippen molar-refractivity contribution >= 4 is 5.91 Å². The first-order valence-electron chi connectivity index (χ1n) is 6.24. The standard InChI is InChI=1S/C14H19NO3/c1-11-2-4-12(5-3-11)13(16)15-10-14(17)6-8-18-9-7-14/h2-5,17H,6-10H2,1H3,(H,15,16). The predicted octanol–water partition coefficient (Wildman–Crippen LogP) is 1.27. The Morgan fingerprint density at radius 3 is 2.56 bits per heavy atom. The van der Waals surface area contributed by atoms with Crippen LogP contribution in [0.3, 0.4) is 0 Å². The summed E-state index contributed by atoms with van der Waals surface area (Å²) in [6.07, 6.45) is 1.14. The number of nitrogens with one attached hydrogen (secondary N) is 1. The summed E-state index contributed by atoms with van der Waals surface area (Å²) in [6.45, 7) is 3.36. The van der Waals surface area contributed by atoms with Crippen molar-refractivity contribution in [3.63, 3.8) is 0 Å². The molecule has 98 valence electrons. The molecule has 1 heterocycles. The molecule has 4 heteroatoms. The molecule has 0 aliphatic carbocycles. The number of hydrogen-bond donors (Lipinski definition) is 2. The second kappa shape index (κ2) is 5.50. The predicted molar refractivity (Wildman–Crippen MR) is 68.5 cm³/mol. The van der Waals surface area contributed by atoms with Crippen LogP contribution in [0.2, 0.25) is 0 Å². The van der Waals surface area contributed by atoms with Crippen molar-refractivity contribution in [1.29, 1.82) is 0 Å². The molecule has 1 fully saturated rings. The van der Waals surface area contributed by atoms with Crippen molar-refractivity contribution in [3.8, 4) is 0 Å². The number of benzene rings is 1. The van der Waals surface area contributed by atoms with Crippen LogP contribution in [0.1, 0.15) is 28.8 Å². The maximum Gasteiger partial charge on any atom is 0.251 e. The molecule has 1 aromatic carbocycles. The number of rotatable bonds is 3. The quantitative estimate of drug-likeness (QED) is 0.848. The second-order valence-corrected chi connectivity index (χ2v) is 4.89. The number of amides is 1. The summed E-state index contributed by atoms with van der Waals surface area (Å²) >= 11 is 0. The lowest BCUT2D eigenvalue weighted by molar-refractivity contribution is -0.0605. The Morgan fingerprint density at radius 2 is 1.94 bits per heavy atom. The van der Waals surface area contributed by atoms with E-state index < -0.39 is 5.60 Å². The lowest BCUT2D eigenvalue weighted by atomic mass is 9.94. The van der Waals surface area contributed by atoms with E-state index in [1.54, 1.807) is 12.1 Å². The van der Waals surface area contributed by atoms with E-state index in [-0.39, 0.29) is 12.5 Å². The Hall–Kier alpha value is -1.39. The smallest absolute Gasteiger partial charge is 0.251 e. The SMILES string of the molecule is Cc1ccc(C(=O)NCC2(O)CCOCC2)cc1. The van der Waals surface area contributed by atoms with Gasteiger partial charge in [-0.25, -0.2) is 0 Å². The fourth-order valence-corrected chi connectivity index (χ4v) is 1.98. The molecule has 1 aromatic rings. The van der Waals surface area contributed by atoms with Gasteiger partial charge in [0.2, 0.25) is 0 Å². The minimum atomic E-state index is -0.821. The Kier molecular flexibility index (Phi) is 3.99. The number of ether oxygens (including phenoxy) is 1. The maximum atomic E-state index is 11.9. The van der Waals surface area contributed by atoms with Gasteiger partial charge in [-0.2, -0.15) is 0 Å². The third-order valence-electron chi connectivity index (χ3n) is 3.32. The van der Waals surface area contributed by atoms with E-state index in [1.807, 2.05) is 19.1 Å². The monoisotopic (exact) mass is 249 g/mol. The summed E-state index contributed by atoms with van der Waals surface area (Å²) in [6, 6.07) is 7.38. The molecule has 0 atom stereocenters. The molecule has 18 heavy (non-hydrogen) atoms. The Labute approximate surface area is 107 Å². The summed E-state index contributed by atoms with van der Waals surface area (Å²) in [5.74, 6) is -0.144. The first-order chi connectivity index (χ1) is 8.59. The van der Waals surface area contributed by atoms with Gasteiger partial charge >= 0.3 is 0 Å². The van der Waals surface area contributed by atoms with E-state index in [0.717, 1.165) is 5.56 Å². The van der Waals surface area contributed by atoms with Gasteiger partial charge in [-0.1, -0.05) is 17.7 Å². The largest absolute Gasteiger partial charge is 0.388 e. The van der Waals surface area contributed by atoms with Gasteiger partial charge in [0.1, 0.15) is 0 Å². The van der Waals surface area contributed by atoms with Crippen LogP contribution in [0.15, 0.2) is 24.3 Å². The zero-order valence-electron chi connectivity index (χ0n) is 10.6. The normalized spacial score (nSPS) is 18.3. The Balaban J connectivity index is 1.89. The summed E-state index contributed by atoms with van der Waals surface area (Å²) in [5.41, 5.74) is 0.921. The van der Waals surface area contributed by atoms with E-state index in [2.05, 4.69) is 5.32 Å². The summed E-state index contributed by atoms with van der Waals surface area (Å²) in [7, 11) is 0. The second-order valence-electron chi connectivity index (χ2n) is 4.89. The van der Waals surface area contributed by atoms with Crippen LogP contribution < -0.4 is 5.32 Å². The van der Waals surface area contributed by atoms with Gasteiger partial charge in [0, 0.05) is 38.2 Å². The molecule has 0 radical (unpaired) electrons. The average molecular weight is 249 g/mol. The number of carbonyl (C=O) groups is 1. The number of aryl methyl sites for hydroxylation is 1. The van der Waals surface area contributed by atoms with Crippen LogP contribution in [0.4, 0.5) is 0 Å². The Bertz CT molecular complexity index is 408. The number of carbonyl (C=O) groups excluding carboxylic acids is 1. The van der Waals surface area contributed by atoms with E-state index in [4.69, 9.17) is 4.74 Å². The molecule has 0 aromatic heterocycles. The van der Waals surface area contributed by atoms with Gasteiger partial charge in [-0.3, -0.25) is 4.79 Å². The summed E-state index contributed by atoms with van der Waals surface area (Å²) < 4.78 is 5.20. The van der Waals surface area contributed by atoms with Crippen molar-refractivity contribution in [2.45, 2.75) is 25.4 Å². The minimum Gasteiger partial charge on any atom is -0.388 e. The van der Waals surface area contributed by atoms with Crippen molar-refractivity contribution < 1.29 is 14.6 Å². The molecule has 2 N–H and O–H groups in total. The lowest BCUT2D eigenvalue weighted by Gasteiger charge is -2.32. The topological polar surface area (TPSA) is 58.6 Å². The molecule has 1 saturated heterocycles. The molecular weight excluding hydrogens is 230 g/mol. The summed E-state index contributed by atoms with van der Waals surface area (Å²) in [4.78, 5) is 11.9. The summed E-state index contributed by atoms with van der Waals surface area (Å²) in [5, 5.41) is 13.0. The van der Waals surface area contributed by atoms with Crippen LogP contribution in [0.25, 0.3) is 0 Å².